The molecule has 174 valence electrons. The van der Waals surface area contributed by atoms with E-state index in [2.05, 4.69) is 22.8 Å². The van der Waals surface area contributed by atoms with Gasteiger partial charge in [0.15, 0.2) is 0 Å². The molecule has 0 saturated heterocycles. The standard InChI is InChI=1S/C25H28N2O6/c1-32-15-7-12-22(24(29)30)27-23(28)13-6-14-26-25(31)33-16-21-19-10-4-2-8-17(19)18-9-3-5-11-20(18)21/h2-6,8-11,13,21-22H,7,12,14-16H2,1H3,(H,26,31)(H,27,28)(H,29,30)/b13-6+. The van der Waals surface area contributed by atoms with E-state index >= 15 is 0 Å². The molecule has 0 heterocycles. The Hall–Kier alpha value is -3.65. The molecule has 0 saturated carbocycles. The van der Waals surface area contributed by atoms with Crippen molar-refractivity contribution in [1.82, 2.24) is 10.6 Å². The van der Waals surface area contributed by atoms with Crippen molar-refractivity contribution in [3.8, 4) is 11.1 Å². The van der Waals surface area contributed by atoms with Crippen molar-refractivity contribution < 1.29 is 29.0 Å². The van der Waals surface area contributed by atoms with E-state index in [9.17, 15) is 19.5 Å². The van der Waals surface area contributed by atoms with Gasteiger partial charge in [-0.05, 0) is 35.1 Å². The fraction of sp³-hybridized carbons (Fsp3) is 0.320. The number of fused-ring (bicyclic) bond motifs is 3. The second kappa shape index (κ2) is 11.8. The summed E-state index contributed by atoms with van der Waals surface area (Å²) in [6.45, 7) is 0.691. The Morgan fingerprint density at radius 2 is 1.70 bits per heavy atom. The van der Waals surface area contributed by atoms with Crippen LogP contribution >= 0.6 is 0 Å². The molecule has 1 unspecified atom stereocenters. The third-order valence-electron chi connectivity index (χ3n) is 5.43. The van der Waals surface area contributed by atoms with Crippen LogP contribution in [0, 0.1) is 0 Å². The van der Waals surface area contributed by atoms with Gasteiger partial charge < -0.3 is 25.2 Å². The van der Waals surface area contributed by atoms with Gasteiger partial charge in [0.2, 0.25) is 5.91 Å². The normalized spacial score (nSPS) is 13.2. The Bertz CT molecular complexity index is 974. The molecule has 1 atom stereocenters. The number of aliphatic carboxylic acids is 1. The van der Waals surface area contributed by atoms with Crippen LogP contribution < -0.4 is 10.6 Å². The SMILES string of the molecule is COCCCC(NC(=O)/C=C/CNC(=O)OCC1c2ccccc2-c2ccccc21)C(=O)O. The fourth-order valence-corrected chi connectivity index (χ4v) is 3.87. The van der Waals surface area contributed by atoms with E-state index in [1.54, 1.807) is 0 Å². The number of methoxy groups -OCH3 is 1. The van der Waals surface area contributed by atoms with Crippen LogP contribution in [0.15, 0.2) is 60.7 Å². The Morgan fingerprint density at radius 3 is 2.30 bits per heavy atom. The van der Waals surface area contributed by atoms with E-state index in [1.165, 1.54) is 19.3 Å². The number of amides is 2. The maximum atomic E-state index is 12.1. The minimum atomic E-state index is -1.11. The molecule has 1 aliphatic carbocycles. The first-order valence-corrected chi connectivity index (χ1v) is 10.8. The molecule has 1 aliphatic rings. The van der Waals surface area contributed by atoms with E-state index in [1.807, 2.05) is 36.4 Å². The lowest BCUT2D eigenvalue weighted by Gasteiger charge is -2.14. The number of hydrogen-bond acceptors (Lipinski definition) is 5. The molecule has 3 rings (SSSR count). The number of nitrogens with one attached hydrogen (secondary N) is 2. The van der Waals surface area contributed by atoms with Crippen molar-refractivity contribution >= 4 is 18.0 Å². The summed E-state index contributed by atoms with van der Waals surface area (Å²) in [5.41, 5.74) is 4.55. The highest BCUT2D eigenvalue weighted by Crippen LogP contribution is 2.44. The molecule has 8 heteroatoms. The van der Waals surface area contributed by atoms with Gasteiger partial charge in [0.1, 0.15) is 12.6 Å². The number of rotatable bonds is 11. The van der Waals surface area contributed by atoms with Gasteiger partial charge in [-0.25, -0.2) is 9.59 Å². The Kier molecular flexibility index (Phi) is 8.60. The minimum Gasteiger partial charge on any atom is -0.480 e. The quantitative estimate of drug-likeness (QED) is 0.357. The summed E-state index contributed by atoms with van der Waals surface area (Å²) in [6.07, 6.45) is 2.81. The second-order valence-electron chi connectivity index (χ2n) is 7.64. The largest absolute Gasteiger partial charge is 0.480 e. The van der Waals surface area contributed by atoms with Gasteiger partial charge in [0.25, 0.3) is 0 Å². The summed E-state index contributed by atoms with van der Waals surface area (Å²) in [6, 6.07) is 15.2. The second-order valence-corrected chi connectivity index (χ2v) is 7.64. The van der Waals surface area contributed by atoms with Gasteiger partial charge in [0.05, 0.1) is 0 Å². The third kappa shape index (κ3) is 6.43. The predicted octanol–water partition coefficient (Wildman–Crippen LogP) is 3.08. The number of carboxylic acids is 1. The van der Waals surface area contributed by atoms with Gasteiger partial charge in [0, 0.05) is 32.3 Å². The number of carboxylic acid groups (broad SMARTS) is 1. The van der Waals surface area contributed by atoms with Gasteiger partial charge in [-0.2, -0.15) is 0 Å². The number of hydrogen-bond donors (Lipinski definition) is 3. The molecule has 33 heavy (non-hydrogen) atoms. The van der Waals surface area contributed by atoms with Crippen molar-refractivity contribution in [3.63, 3.8) is 0 Å². The van der Waals surface area contributed by atoms with Crippen LogP contribution in [0.25, 0.3) is 11.1 Å². The average molecular weight is 453 g/mol. The van der Waals surface area contributed by atoms with Crippen LogP contribution in [0.2, 0.25) is 0 Å². The summed E-state index contributed by atoms with van der Waals surface area (Å²) in [5, 5.41) is 14.2. The van der Waals surface area contributed by atoms with Crippen LogP contribution in [0.3, 0.4) is 0 Å². The van der Waals surface area contributed by atoms with Crippen LogP contribution in [0.5, 0.6) is 0 Å². The van der Waals surface area contributed by atoms with Crippen molar-refractivity contribution in [1.29, 1.82) is 0 Å². The summed E-state index contributed by atoms with van der Waals surface area (Å²) in [4.78, 5) is 35.3. The number of benzene rings is 2. The lowest BCUT2D eigenvalue weighted by Crippen LogP contribution is -2.40. The lowest BCUT2D eigenvalue weighted by molar-refractivity contribution is -0.141. The maximum Gasteiger partial charge on any atom is 0.407 e. The van der Waals surface area contributed by atoms with E-state index in [-0.39, 0.29) is 25.5 Å². The highest BCUT2D eigenvalue weighted by Gasteiger charge is 2.28. The van der Waals surface area contributed by atoms with E-state index in [0.29, 0.717) is 13.0 Å². The summed E-state index contributed by atoms with van der Waals surface area (Å²) in [5.74, 6) is -1.69. The predicted molar refractivity (Wildman–Crippen MR) is 123 cm³/mol. The highest BCUT2D eigenvalue weighted by atomic mass is 16.5. The van der Waals surface area contributed by atoms with Gasteiger partial charge in [-0.3, -0.25) is 4.79 Å². The number of alkyl carbamates (subject to hydrolysis) is 1. The summed E-state index contributed by atoms with van der Waals surface area (Å²) < 4.78 is 10.3. The first-order chi connectivity index (χ1) is 16.0. The lowest BCUT2D eigenvalue weighted by atomic mass is 9.98. The summed E-state index contributed by atoms with van der Waals surface area (Å²) >= 11 is 0. The van der Waals surface area contributed by atoms with Crippen molar-refractivity contribution in [3.05, 3.63) is 71.8 Å². The Balaban J connectivity index is 1.44. The van der Waals surface area contributed by atoms with E-state index in [4.69, 9.17) is 9.47 Å². The fourth-order valence-electron chi connectivity index (χ4n) is 3.87. The van der Waals surface area contributed by atoms with Gasteiger partial charge in [-0.15, -0.1) is 0 Å². The zero-order valence-electron chi connectivity index (χ0n) is 18.5. The Labute approximate surface area is 192 Å². The molecular weight excluding hydrogens is 424 g/mol. The monoisotopic (exact) mass is 452 g/mol. The molecule has 2 aromatic rings. The molecule has 0 fully saturated rings. The summed E-state index contributed by atoms with van der Waals surface area (Å²) in [7, 11) is 1.53. The van der Waals surface area contributed by atoms with Gasteiger partial charge >= 0.3 is 12.1 Å². The van der Waals surface area contributed by atoms with Crippen LogP contribution in [-0.2, 0) is 19.1 Å². The molecule has 0 aliphatic heterocycles. The van der Waals surface area contributed by atoms with Crippen LogP contribution in [-0.4, -0.2) is 56.0 Å². The first-order valence-electron chi connectivity index (χ1n) is 10.8. The zero-order valence-corrected chi connectivity index (χ0v) is 18.5. The highest BCUT2D eigenvalue weighted by molar-refractivity contribution is 5.91. The van der Waals surface area contributed by atoms with Crippen molar-refractivity contribution in [2.24, 2.45) is 0 Å². The molecular formula is C25H28N2O6. The number of ether oxygens (including phenoxy) is 2. The molecule has 0 radical (unpaired) electrons. The maximum absolute atomic E-state index is 12.1. The Morgan fingerprint density at radius 1 is 1.06 bits per heavy atom. The van der Waals surface area contributed by atoms with Crippen molar-refractivity contribution in [2.45, 2.75) is 24.8 Å². The third-order valence-corrected chi connectivity index (χ3v) is 5.43. The number of carbonyl (C=O) groups excluding carboxylic acids is 2. The smallest absolute Gasteiger partial charge is 0.407 e. The first kappa shape index (κ1) is 24.0. The van der Waals surface area contributed by atoms with E-state index in [0.717, 1.165) is 22.3 Å². The topological polar surface area (TPSA) is 114 Å². The molecule has 8 nitrogen and oxygen atoms in total. The molecule has 0 bridgehead atoms. The van der Waals surface area contributed by atoms with Crippen LogP contribution in [0.1, 0.15) is 29.9 Å². The molecule has 2 amide bonds. The number of carbonyl (C=O) groups is 3. The average Bonchev–Trinajstić information content (AvgIpc) is 3.13. The van der Waals surface area contributed by atoms with Crippen molar-refractivity contribution in [2.75, 3.05) is 26.9 Å². The minimum absolute atomic E-state index is 0.0319. The van der Waals surface area contributed by atoms with Gasteiger partial charge in [-0.1, -0.05) is 54.6 Å². The molecule has 0 aromatic heterocycles. The zero-order chi connectivity index (χ0) is 23.6. The van der Waals surface area contributed by atoms with E-state index < -0.39 is 24.0 Å². The van der Waals surface area contributed by atoms with Crippen LogP contribution in [0.4, 0.5) is 4.79 Å². The molecule has 3 N–H and O–H groups in total. The molecule has 0 spiro atoms. The molecule has 2 aromatic carbocycles.